The van der Waals surface area contributed by atoms with Gasteiger partial charge in [-0.2, -0.15) is 0 Å². The number of rotatable bonds is 1. The van der Waals surface area contributed by atoms with Crippen LogP contribution < -0.4 is 10.2 Å². The smallest absolute Gasteiger partial charge is 0.250 e. The molecule has 1 aliphatic heterocycles. The molecule has 4 nitrogen and oxygen atoms in total. The van der Waals surface area contributed by atoms with Crippen LogP contribution in [0.4, 0.5) is 11.4 Å². The van der Waals surface area contributed by atoms with Gasteiger partial charge >= 0.3 is 0 Å². The molecule has 0 unspecified atom stereocenters. The Bertz CT molecular complexity index is 492. The molecular formula is C13H16N2O2. The Balaban J connectivity index is 2.15. The maximum Gasteiger partial charge on any atom is 0.250 e. The molecule has 2 N–H and O–H groups in total. The number of anilines is 2. The maximum atomic E-state index is 12.1. The van der Waals surface area contributed by atoms with Gasteiger partial charge in [0.2, 0.25) is 5.91 Å². The highest BCUT2D eigenvalue weighted by molar-refractivity contribution is 6.09. The molecule has 0 radical (unpaired) electrons. The number of aromatic hydroxyl groups is 1. The van der Waals surface area contributed by atoms with Gasteiger partial charge in [0.15, 0.2) is 0 Å². The van der Waals surface area contributed by atoms with Crippen LogP contribution in [0.15, 0.2) is 18.2 Å². The van der Waals surface area contributed by atoms with Gasteiger partial charge in [-0.15, -0.1) is 0 Å². The van der Waals surface area contributed by atoms with E-state index in [1.807, 2.05) is 6.07 Å². The Labute approximate surface area is 100 Å². The molecule has 2 aliphatic rings. The van der Waals surface area contributed by atoms with Gasteiger partial charge in [-0.1, -0.05) is 0 Å². The van der Waals surface area contributed by atoms with Crippen molar-refractivity contribution >= 4 is 17.3 Å². The molecule has 1 heterocycles. The predicted molar refractivity (Wildman–Crippen MR) is 66.3 cm³/mol. The van der Waals surface area contributed by atoms with Crippen LogP contribution in [0.25, 0.3) is 0 Å². The Morgan fingerprint density at radius 1 is 1.41 bits per heavy atom. The second kappa shape index (κ2) is 3.15. The van der Waals surface area contributed by atoms with E-state index in [1.54, 1.807) is 12.1 Å². The fourth-order valence-corrected chi connectivity index (χ4v) is 2.77. The molecule has 1 aromatic rings. The summed E-state index contributed by atoms with van der Waals surface area (Å²) >= 11 is 0. The average molecular weight is 232 g/mol. The number of hydrogen-bond acceptors (Lipinski definition) is 3. The van der Waals surface area contributed by atoms with E-state index in [4.69, 9.17) is 0 Å². The fourth-order valence-electron chi connectivity index (χ4n) is 2.77. The summed E-state index contributed by atoms with van der Waals surface area (Å²) in [6.07, 6.45) is 1.83. The quantitative estimate of drug-likeness (QED) is 0.779. The lowest BCUT2D eigenvalue weighted by Gasteiger charge is -2.41. The van der Waals surface area contributed by atoms with Crippen molar-refractivity contribution in [1.82, 2.24) is 0 Å². The van der Waals surface area contributed by atoms with Crippen molar-refractivity contribution < 1.29 is 9.90 Å². The van der Waals surface area contributed by atoms with Gasteiger partial charge in [0.1, 0.15) is 11.3 Å². The Morgan fingerprint density at radius 2 is 2.12 bits per heavy atom. The number of carbonyl (C=O) groups excluding carboxylic acids is 1. The van der Waals surface area contributed by atoms with Gasteiger partial charge < -0.3 is 15.3 Å². The zero-order valence-electron chi connectivity index (χ0n) is 10.0. The highest BCUT2D eigenvalue weighted by atomic mass is 16.3. The molecule has 0 bridgehead atoms. The summed E-state index contributed by atoms with van der Waals surface area (Å²) in [5.74, 6) is 0.240. The number of fused-ring (bicyclic) bond motifs is 1. The van der Waals surface area contributed by atoms with E-state index in [2.05, 4.69) is 24.1 Å². The van der Waals surface area contributed by atoms with Crippen molar-refractivity contribution in [2.75, 3.05) is 10.2 Å². The van der Waals surface area contributed by atoms with Crippen LogP contribution in [0.5, 0.6) is 5.75 Å². The van der Waals surface area contributed by atoms with Crippen LogP contribution in [0.2, 0.25) is 0 Å². The summed E-state index contributed by atoms with van der Waals surface area (Å²) in [4.78, 5) is 14.3. The second-order valence-corrected chi connectivity index (χ2v) is 5.15. The molecule has 4 heteroatoms. The Kier molecular flexibility index (Phi) is 1.94. The van der Waals surface area contributed by atoms with Crippen LogP contribution in [-0.4, -0.2) is 22.6 Å². The van der Waals surface area contributed by atoms with Gasteiger partial charge in [0.05, 0.1) is 11.4 Å². The summed E-state index contributed by atoms with van der Waals surface area (Å²) in [7, 11) is 0. The Hall–Kier alpha value is -1.71. The van der Waals surface area contributed by atoms with E-state index in [9.17, 15) is 9.90 Å². The maximum absolute atomic E-state index is 12.1. The molecule has 17 heavy (non-hydrogen) atoms. The number of phenols is 1. The van der Waals surface area contributed by atoms with E-state index in [1.165, 1.54) is 0 Å². The highest BCUT2D eigenvalue weighted by Crippen LogP contribution is 2.51. The van der Waals surface area contributed by atoms with Crippen LogP contribution in [0, 0.1) is 0 Å². The molecule has 0 aromatic heterocycles. The standard InChI is InChI=1S/C13H16N2O2/c1-8(2)15-11-4-3-9(16)7-10(11)14-12(17)13(15)5-6-13/h3-4,7-8,16H,5-6H2,1-2H3,(H,14,17). The summed E-state index contributed by atoms with van der Waals surface area (Å²) in [6, 6.07) is 5.43. The lowest BCUT2D eigenvalue weighted by molar-refractivity contribution is -0.118. The minimum absolute atomic E-state index is 0.0595. The van der Waals surface area contributed by atoms with Crippen molar-refractivity contribution in [1.29, 1.82) is 0 Å². The molecule has 1 saturated carbocycles. The lowest BCUT2D eigenvalue weighted by Crippen LogP contribution is -2.53. The Morgan fingerprint density at radius 3 is 2.71 bits per heavy atom. The first-order chi connectivity index (χ1) is 8.04. The topological polar surface area (TPSA) is 52.6 Å². The summed E-state index contributed by atoms with van der Waals surface area (Å²) in [6.45, 7) is 4.19. The second-order valence-electron chi connectivity index (χ2n) is 5.15. The number of hydrogen-bond donors (Lipinski definition) is 2. The largest absolute Gasteiger partial charge is 0.508 e. The van der Waals surface area contributed by atoms with Crippen molar-refractivity contribution in [2.24, 2.45) is 0 Å². The molecule has 90 valence electrons. The van der Waals surface area contributed by atoms with Crippen molar-refractivity contribution in [2.45, 2.75) is 38.3 Å². The first-order valence-corrected chi connectivity index (χ1v) is 5.98. The van der Waals surface area contributed by atoms with Gasteiger partial charge in [-0.3, -0.25) is 4.79 Å². The van der Waals surface area contributed by atoms with E-state index < -0.39 is 0 Å². The van der Waals surface area contributed by atoms with Crippen molar-refractivity contribution in [3.63, 3.8) is 0 Å². The molecule has 0 saturated heterocycles. The minimum atomic E-state index is -0.335. The normalized spacial score (nSPS) is 20.4. The van der Waals surface area contributed by atoms with E-state index in [-0.39, 0.29) is 23.2 Å². The zero-order chi connectivity index (χ0) is 12.2. The van der Waals surface area contributed by atoms with Crippen molar-refractivity contribution in [3.8, 4) is 5.75 Å². The third kappa shape index (κ3) is 1.33. The van der Waals surface area contributed by atoms with E-state index >= 15 is 0 Å². The van der Waals surface area contributed by atoms with Crippen molar-refractivity contribution in [3.05, 3.63) is 18.2 Å². The fraction of sp³-hybridized carbons (Fsp3) is 0.462. The highest BCUT2D eigenvalue weighted by Gasteiger charge is 2.58. The zero-order valence-corrected chi connectivity index (χ0v) is 10.0. The number of amides is 1. The molecule has 3 rings (SSSR count). The average Bonchev–Trinajstić information content (AvgIpc) is 3.01. The number of benzene rings is 1. The lowest BCUT2D eigenvalue weighted by atomic mass is 10.0. The summed E-state index contributed by atoms with van der Waals surface area (Å²) in [5, 5.41) is 12.4. The first kappa shape index (κ1) is 10.4. The summed E-state index contributed by atoms with van der Waals surface area (Å²) < 4.78 is 0. The first-order valence-electron chi connectivity index (χ1n) is 5.98. The third-order valence-corrected chi connectivity index (χ3v) is 3.61. The van der Waals surface area contributed by atoms with Crippen LogP contribution >= 0.6 is 0 Å². The number of nitrogens with zero attached hydrogens (tertiary/aromatic N) is 1. The molecule has 1 spiro atoms. The molecule has 1 amide bonds. The number of phenolic OH excluding ortho intramolecular Hbond substituents is 1. The van der Waals surface area contributed by atoms with Gasteiger partial charge in [0.25, 0.3) is 0 Å². The summed E-state index contributed by atoms with van der Waals surface area (Å²) in [5.41, 5.74) is 1.38. The SMILES string of the molecule is CC(C)N1c2ccc(O)cc2NC(=O)C12CC2. The van der Waals surface area contributed by atoms with Crippen LogP contribution in [0.3, 0.4) is 0 Å². The van der Waals surface area contributed by atoms with Crippen LogP contribution in [0.1, 0.15) is 26.7 Å². The van der Waals surface area contributed by atoms with Crippen LogP contribution in [-0.2, 0) is 4.79 Å². The molecule has 1 aromatic carbocycles. The number of carbonyl (C=O) groups is 1. The predicted octanol–water partition coefficient (Wildman–Crippen LogP) is 2.09. The number of nitrogens with one attached hydrogen (secondary N) is 1. The van der Waals surface area contributed by atoms with Gasteiger partial charge in [0, 0.05) is 12.1 Å². The molecule has 1 aliphatic carbocycles. The third-order valence-electron chi connectivity index (χ3n) is 3.61. The molecule has 0 atom stereocenters. The molecular weight excluding hydrogens is 216 g/mol. The van der Waals surface area contributed by atoms with E-state index in [0.29, 0.717) is 5.69 Å². The van der Waals surface area contributed by atoms with Gasteiger partial charge in [-0.05, 0) is 38.8 Å². The minimum Gasteiger partial charge on any atom is -0.508 e. The monoisotopic (exact) mass is 232 g/mol. The van der Waals surface area contributed by atoms with E-state index in [0.717, 1.165) is 18.5 Å². The molecule has 1 fully saturated rings. The van der Waals surface area contributed by atoms with Gasteiger partial charge in [-0.25, -0.2) is 0 Å².